The number of pyridine rings is 1. The first-order valence-corrected chi connectivity index (χ1v) is 9.95. The highest BCUT2D eigenvalue weighted by Crippen LogP contribution is 2.54. The van der Waals surface area contributed by atoms with Crippen LogP contribution in [-0.2, 0) is 9.53 Å². The number of nitrogens with zero attached hydrogens (tertiary/aromatic N) is 2. The van der Waals surface area contributed by atoms with Gasteiger partial charge in [0.2, 0.25) is 5.91 Å². The molecule has 0 unspecified atom stereocenters. The van der Waals surface area contributed by atoms with Crippen molar-refractivity contribution in [2.75, 3.05) is 32.7 Å². The maximum Gasteiger partial charge on any atom is 0.269 e. The molecule has 0 aromatic carbocycles. The van der Waals surface area contributed by atoms with Crippen LogP contribution in [0.25, 0.3) is 0 Å². The molecule has 3 aliphatic heterocycles. The number of nitrogens with one attached hydrogen (secondary N) is 2. The molecule has 27 heavy (non-hydrogen) atoms. The van der Waals surface area contributed by atoms with Gasteiger partial charge in [-0.15, -0.1) is 0 Å². The zero-order valence-corrected chi connectivity index (χ0v) is 16.2. The topological polar surface area (TPSA) is 83.6 Å². The van der Waals surface area contributed by atoms with E-state index in [1.807, 2.05) is 6.92 Å². The number of carbonyl (C=O) groups is 2. The van der Waals surface area contributed by atoms with Crippen LogP contribution in [0.4, 0.5) is 0 Å². The van der Waals surface area contributed by atoms with Crippen LogP contribution in [0.3, 0.4) is 0 Å². The molecular weight excluding hydrogens is 368 g/mol. The number of ether oxygens (including phenoxy) is 1. The zero-order chi connectivity index (χ0) is 19.0. The van der Waals surface area contributed by atoms with Gasteiger partial charge in [0, 0.05) is 44.2 Å². The van der Waals surface area contributed by atoms with E-state index in [4.69, 9.17) is 16.3 Å². The molecular formula is C19H25ClN4O3. The van der Waals surface area contributed by atoms with Crippen LogP contribution in [0.5, 0.6) is 0 Å². The van der Waals surface area contributed by atoms with Crippen LogP contribution >= 0.6 is 11.6 Å². The number of carbonyl (C=O) groups excluding carboxylic acids is 2. The quantitative estimate of drug-likeness (QED) is 0.757. The van der Waals surface area contributed by atoms with Crippen molar-refractivity contribution in [3.8, 4) is 0 Å². The van der Waals surface area contributed by atoms with Crippen LogP contribution < -0.4 is 10.6 Å². The molecule has 3 fully saturated rings. The molecule has 7 nitrogen and oxygen atoms in total. The number of hydrogen-bond acceptors (Lipinski definition) is 5. The van der Waals surface area contributed by atoms with Gasteiger partial charge in [-0.2, -0.15) is 0 Å². The molecule has 1 aromatic rings. The van der Waals surface area contributed by atoms with Gasteiger partial charge < -0.3 is 15.4 Å². The Kier molecular flexibility index (Phi) is 5.09. The minimum atomic E-state index is -0.194. The minimum absolute atomic E-state index is 0.0575. The first-order chi connectivity index (χ1) is 13.0. The Balaban J connectivity index is 1.37. The van der Waals surface area contributed by atoms with E-state index in [9.17, 15) is 9.59 Å². The molecule has 4 atom stereocenters. The van der Waals surface area contributed by atoms with E-state index in [-0.39, 0.29) is 29.4 Å². The Hall–Kier alpha value is -1.70. The van der Waals surface area contributed by atoms with Crippen LogP contribution in [0, 0.1) is 11.8 Å². The van der Waals surface area contributed by atoms with E-state index in [0.29, 0.717) is 36.3 Å². The van der Waals surface area contributed by atoms with Gasteiger partial charge in [0.1, 0.15) is 5.69 Å². The first kappa shape index (κ1) is 18.7. The van der Waals surface area contributed by atoms with Gasteiger partial charge in [-0.3, -0.25) is 14.5 Å². The summed E-state index contributed by atoms with van der Waals surface area (Å²) in [6.45, 7) is 5.19. The molecule has 0 saturated carbocycles. The van der Waals surface area contributed by atoms with Crippen molar-refractivity contribution in [1.82, 2.24) is 20.5 Å². The van der Waals surface area contributed by atoms with Crippen molar-refractivity contribution < 1.29 is 14.3 Å². The van der Waals surface area contributed by atoms with E-state index in [2.05, 4.69) is 20.5 Å². The van der Waals surface area contributed by atoms with Crippen LogP contribution in [0.2, 0.25) is 5.02 Å². The molecule has 0 aliphatic carbocycles. The van der Waals surface area contributed by atoms with Crippen LogP contribution in [0.15, 0.2) is 18.3 Å². The highest BCUT2D eigenvalue weighted by atomic mass is 35.5. The van der Waals surface area contributed by atoms with Gasteiger partial charge >= 0.3 is 0 Å². The zero-order valence-electron chi connectivity index (χ0n) is 15.4. The van der Waals surface area contributed by atoms with Crippen molar-refractivity contribution in [3.05, 3.63) is 29.0 Å². The third-order valence-electron chi connectivity index (χ3n) is 6.05. The molecule has 3 saturated heterocycles. The fourth-order valence-corrected chi connectivity index (χ4v) is 5.06. The molecule has 1 aromatic heterocycles. The molecule has 3 aliphatic rings. The molecule has 8 heteroatoms. The van der Waals surface area contributed by atoms with E-state index in [1.54, 1.807) is 12.1 Å². The molecule has 2 amide bonds. The Bertz CT molecular complexity index is 728. The summed E-state index contributed by atoms with van der Waals surface area (Å²) in [6.07, 6.45) is 3.73. The summed E-state index contributed by atoms with van der Waals surface area (Å²) in [5.74, 6) is 0.487. The number of rotatable bonds is 6. The van der Waals surface area contributed by atoms with Crippen molar-refractivity contribution in [2.45, 2.75) is 31.5 Å². The predicted molar refractivity (Wildman–Crippen MR) is 101 cm³/mol. The number of likely N-dealkylation sites (tertiary alicyclic amines) is 1. The summed E-state index contributed by atoms with van der Waals surface area (Å²) in [5.41, 5.74) is 0.216. The molecule has 4 rings (SSSR count). The second-order valence-electron chi connectivity index (χ2n) is 7.72. The Labute approximate surface area is 163 Å². The lowest BCUT2D eigenvalue weighted by Gasteiger charge is -2.29. The highest BCUT2D eigenvalue weighted by Gasteiger charge is 2.62. The average molecular weight is 393 g/mol. The fraction of sp³-hybridized carbons (Fsp3) is 0.632. The summed E-state index contributed by atoms with van der Waals surface area (Å²) < 4.78 is 6.36. The minimum Gasteiger partial charge on any atom is -0.370 e. The number of fused-ring (bicyclic) bond motifs is 1. The summed E-state index contributed by atoms with van der Waals surface area (Å²) in [4.78, 5) is 30.6. The number of likely N-dealkylation sites (N-methyl/N-ethyl adjacent to an activating group) is 1. The third kappa shape index (κ3) is 3.56. The summed E-state index contributed by atoms with van der Waals surface area (Å²) in [7, 11) is 0. The van der Waals surface area contributed by atoms with Crippen LogP contribution in [0.1, 0.15) is 30.3 Å². The molecule has 2 N–H and O–H groups in total. The maximum absolute atomic E-state index is 12.4. The van der Waals surface area contributed by atoms with Crippen molar-refractivity contribution in [1.29, 1.82) is 0 Å². The number of aromatic nitrogens is 1. The molecule has 2 bridgehead atoms. The Morgan fingerprint density at radius 3 is 3.00 bits per heavy atom. The largest absolute Gasteiger partial charge is 0.370 e. The number of halogens is 1. The lowest BCUT2D eigenvalue weighted by atomic mass is 9.73. The SMILES string of the molecule is CCNC(=O)CN1C[C@@H]2[C@H](CNC(=O)c3ccc(Cl)cn3)[C@H]3CC[C@]2(C1)O3. The Morgan fingerprint density at radius 2 is 2.26 bits per heavy atom. The summed E-state index contributed by atoms with van der Waals surface area (Å²) >= 11 is 5.83. The van der Waals surface area contributed by atoms with Gasteiger partial charge in [0.25, 0.3) is 5.91 Å². The van der Waals surface area contributed by atoms with E-state index in [1.165, 1.54) is 6.20 Å². The van der Waals surface area contributed by atoms with Gasteiger partial charge in [-0.1, -0.05) is 11.6 Å². The maximum atomic E-state index is 12.4. The van der Waals surface area contributed by atoms with Crippen molar-refractivity contribution in [2.24, 2.45) is 11.8 Å². The van der Waals surface area contributed by atoms with Crippen molar-refractivity contribution in [3.63, 3.8) is 0 Å². The van der Waals surface area contributed by atoms with Gasteiger partial charge in [-0.25, -0.2) is 4.98 Å². The third-order valence-corrected chi connectivity index (χ3v) is 6.28. The molecule has 146 valence electrons. The van der Waals surface area contributed by atoms with Crippen molar-refractivity contribution >= 4 is 23.4 Å². The number of hydrogen-bond donors (Lipinski definition) is 2. The van der Waals surface area contributed by atoms with E-state index < -0.39 is 0 Å². The second-order valence-corrected chi connectivity index (χ2v) is 8.16. The van der Waals surface area contributed by atoms with E-state index >= 15 is 0 Å². The van der Waals surface area contributed by atoms with Crippen LogP contribution in [-0.4, -0.2) is 66.1 Å². The lowest BCUT2D eigenvalue weighted by Crippen LogP contribution is -2.42. The fourth-order valence-electron chi connectivity index (χ4n) is 4.95. The van der Waals surface area contributed by atoms with Gasteiger partial charge in [0.05, 0.1) is 23.3 Å². The Morgan fingerprint density at radius 1 is 1.41 bits per heavy atom. The predicted octanol–water partition coefficient (Wildman–Crippen LogP) is 1.08. The smallest absolute Gasteiger partial charge is 0.269 e. The van der Waals surface area contributed by atoms with Gasteiger partial charge in [-0.05, 0) is 31.9 Å². The van der Waals surface area contributed by atoms with E-state index in [0.717, 1.165) is 25.9 Å². The summed E-state index contributed by atoms with van der Waals surface area (Å²) in [6, 6.07) is 3.29. The number of amides is 2. The first-order valence-electron chi connectivity index (χ1n) is 9.57. The second kappa shape index (κ2) is 7.37. The molecule has 1 spiro atoms. The normalized spacial score (nSPS) is 31.7. The monoisotopic (exact) mass is 392 g/mol. The van der Waals surface area contributed by atoms with Gasteiger partial charge in [0.15, 0.2) is 0 Å². The average Bonchev–Trinajstić information content (AvgIpc) is 3.28. The summed E-state index contributed by atoms with van der Waals surface area (Å²) in [5, 5.41) is 6.37. The highest BCUT2D eigenvalue weighted by molar-refractivity contribution is 6.30. The lowest BCUT2D eigenvalue weighted by molar-refractivity contribution is -0.122. The molecule has 0 radical (unpaired) electrons. The standard InChI is InChI=1S/C19H25ClN4O3/c1-2-21-17(25)10-24-9-14-13(16-5-6-19(14,11-24)27-16)8-23-18(26)15-4-3-12(20)7-22-15/h3-4,7,13-14,16H,2,5-6,8-11H2,1H3,(H,21,25)(H,23,26)/t13-,14+,16+,19+/m0/s1. The molecule has 4 heterocycles.